The van der Waals surface area contributed by atoms with E-state index in [0.29, 0.717) is 6.04 Å². The first kappa shape index (κ1) is 16.5. The van der Waals surface area contributed by atoms with Gasteiger partial charge >= 0.3 is 0 Å². The highest BCUT2D eigenvalue weighted by molar-refractivity contribution is 5.27. The summed E-state index contributed by atoms with van der Waals surface area (Å²) in [5.41, 5.74) is 3.12. The van der Waals surface area contributed by atoms with Gasteiger partial charge in [-0.25, -0.2) is 0 Å². The highest BCUT2D eigenvalue weighted by Crippen LogP contribution is 2.18. The molecule has 21 heavy (non-hydrogen) atoms. The smallest absolute Gasteiger partial charge is 0.0236 e. The van der Waals surface area contributed by atoms with E-state index in [1.54, 1.807) is 11.1 Å². The summed E-state index contributed by atoms with van der Waals surface area (Å²) >= 11 is 0. The predicted octanol–water partition coefficient (Wildman–Crippen LogP) is 3.99. The zero-order valence-electron chi connectivity index (χ0n) is 13.9. The molecule has 1 atom stereocenters. The van der Waals surface area contributed by atoms with E-state index in [9.17, 15) is 0 Å². The molecule has 0 saturated carbocycles. The molecule has 1 N–H and O–H groups in total. The van der Waals surface area contributed by atoms with E-state index in [4.69, 9.17) is 0 Å². The van der Waals surface area contributed by atoms with Crippen LogP contribution in [-0.2, 0) is 13.0 Å². The Morgan fingerprint density at radius 2 is 2.00 bits per heavy atom. The summed E-state index contributed by atoms with van der Waals surface area (Å²) < 4.78 is 0. The van der Waals surface area contributed by atoms with E-state index >= 15 is 0 Å². The Balaban J connectivity index is 1.67. The average molecular weight is 288 g/mol. The molecule has 118 valence electrons. The van der Waals surface area contributed by atoms with Gasteiger partial charge in [0.1, 0.15) is 0 Å². The van der Waals surface area contributed by atoms with E-state index in [0.717, 1.165) is 13.1 Å². The number of fused-ring (bicyclic) bond motifs is 1. The van der Waals surface area contributed by atoms with Gasteiger partial charge in [-0.2, -0.15) is 0 Å². The van der Waals surface area contributed by atoms with Gasteiger partial charge in [-0.3, -0.25) is 4.90 Å². The zero-order valence-corrected chi connectivity index (χ0v) is 13.9. The number of rotatable bonds is 8. The molecule has 1 aliphatic rings. The first-order valence-electron chi connectivity index (χ1n) is 8.82. The Hall–Kier alpha value is -0.860. The van der Waals surface area contributed by atoms with Crippen LogP contribution >= 0.6 is 0 Å². The molecule has 0 bridgehead atoms. The Kier molecular flexibility index (Phi) is 7.25. The number of nitrogens with one attached hydrogen (secondary N) is 1. The van der Waals surface area contributed by atoms with Crippen LogP contribution in [0.5, 0.6) is 0 Å². The summed E-state index contributed by atoms with van der Waals surface area (Å²) in [7, 11) is 0. The van der Waals surface area contributed by atoms with Crippen LogP contribution in [0, 0.1) is 0 Å². The Morgan fingerprint density at radius 3 is 2.81 bits per heavy atom. The van der Waals surface area contributed by atoms with Crippen LogP contribution < -0.4 is 5.32 Å². The first-order valence-corrected chi connectivity index (χ1v) is 8.82. The minimum atomic E-state index is 0.676. The fraction of sp³-hybridized carbons (Fsp3) is 0.684. The van der Waals surface area contributed by atoms with Gasteiger partial charge in [0.15, 0.2) is 0 Å². The van der Waals surface area contributed by atoms with Crippen molar-refractivity contribution in [2.24, 2.45) is 0 Å². The van der Waals surface area contributed by atoms with E-state index in [1.807, 2.05) is 0 Å². The lowest BCUT2D eigenvalue weighted by Crippen LogP contribution is -2.27. The van der Waals surface area contributed by atoms with Gasteiger partial charge in [0.25, 0.3) is 0 Å². The van der Waals surface area contributed by atoms with E-state index in [2.05, 4.69) is 48.3 Å². The number of hydrogen-bond donors (Lipinski definition) is 1. The Bertz CT molecular complexity index is 402. The van der Waals surface area contributed by atoms with Crippen LogP contribution in [0.1, 0.15) is 57.1 Å². The van der Waals surface area contributed by atoms with Crippen molar-refractivity contribution in [2.45, 2.75) is 65.0 Å². The summed E-state index contributed by atoms with van der Waals surface area (Å²) in [6.07, 6.45) is 7.79. The van der Waals surface area contributed by atoms with Crippen molar-refractivity contribution in [2.75, 3.05) is 19.6 Å². The fourth-order valence-electron chi connectivity index (χ4n) is 3.24. The van der Waals surface area contributed by atoms with Gasteiger partial charge in [-0.1, -0.05) is 37.6 Å². The second kappa shape index (κ2) is 9.22. The third-order valence-corrected chi connectivity index (χ3v) is 4.54. The van der Waals surface area contributed by atoms with Crippen molar-refractivity contribution in [1.82, 2.24) is 10.2 Å². The van der Waals surface area contributed by atoms with Gasteiger partial charge in [0, 0.05) is 12.6 Å². The molecule has 1 aromatic carbocycles. The van der Waals surface area contributed by atoms with E-state index in [-0.39, 0.29) is 0 Å². The lowest BCUT2D eigenvalue weighted by Gasteiger charge is -2.21. The molecule has 1 unspecified atom stereocenters. The van der Waals surface area contributed by atoms with Crippen molar-refractivity contribution in [3.63, 3.8) is 0 Å². The van der Waals surface area contributed by atoms with Crippen LogP contribution in [0.2, 0.25) is 0 Å². The quantitative estimate of drug-likeness (QED) is 0.728. The minimum Gasteiger partial charge on any atom is -0.314 e. The first-order chi connectivity index (χ1) is 10.3. The maximum Gasteiger partial charge on any atom is 0.0236 e. The molecule has 1 heterocycles. The van der Waals surface area contributed by atoms with Crippen molar-refractivity contribution < 1.29 is 0 Å². The molecule has 0 amide bonds. The monoisotopic (exact) mass is 288 g/mol. The molecule has 1 aromatic rings. The lowest BCUT2D eigenvalue weighted by atomic mass is 10.0. The van der Waals surface area contributed by atoms with E-state index in [1.165, 1.54) is 51.6 Å². The number of aryl methyl sites for hydroxylation is 1. The third-order valence-electron chi connectivity index (χ3n) is 4.54. The molecular weight excluding hydrogens is 256 g/mol. The van der Waals surface area contributed by atoms with Crippen LogP contribution in [0.4, 0.5) is 0 Å². The van der Waals surface area contributed by atoms with E-state index < -0.39 is 0 Å². The summed E-state index contributed by atoms with van der Waals surface area (Å²) in [6.45, 7) is 9.38. The maximum absolute atomic E-state index is 3.58. The van der Waals surface area contributed by atoms with Crippen molar-refractivity contribution in [1.29, 1.82) is 0 Å². The zero-order chi connectivity index (χ0) is 14.9. The van der Waals surface area contributed by atoms with Gasteiger partial charge in [-0.05, 0) is 69.8 Å². The maximum atomic E-state index is 3.58. The van der Waals surface area contributed by atoms with Gasteiger partial charge in [-0.15, -0.1) is 0 Å². The summed E-state index contributed by atoms with van der Waals surface area (Å²) in [6, 6.07) is 9.65. The Morgan fingerprint density at radius 1 is 1.19 bits per heavy atom. The van der Waals surface area contributed by atoms with Gasteiger partial charge in [0.2, 0.25) is 0 Å². The summed E-state index contributed by atoms with van der Waals surface area (Å²) in [5.74, 6) is 0. The molecule has 0 radical (unpaired) electrons. The van der Waals surface area contributed by atoms with Crippen molar-refractivity contribution in [3.8, 4) is 0 Å². The molecule has 0 spiro atoms. The summed E-state index contributed by atoms with van der Waals surface area (Å²) in [4.78, 5) is 2.65. The third kappa shape index (κ3) is 5.80. The topological polar surface area (TPSA) is 15.3 Å². The molecule has 2 rings (SSSR count). The molecule has 0 aromatic heterocycles. The largest absolute Gasteiger partial charge is 0.314 e. The second-order valence-electron chi connectivity index (χ2n) is 6.50. The Labute approximate surface area is 130 Å². The predicted molar refractivity (Wildman–Crippen MR) is 91.6 cm³/mol. The van der Waals surface area contributed by atoms with Gasteiger partial charge in [0.05, 0.1) is 0 Å². The van der Waals surface area contributed by atoms with Crippen LogP contribution in [0.25, 0.3) is 0 Å². The van der Waals surface area contributed by atoms with Crippen LogP contribution in [-0.4, -0.2) is 30.6 Å². The summed E-state index contributed by atoms with van der Waals surface area (Å²) in [5, 5.41) is 3.58. The van der Waals surface area contributed by atoms with Crippen molar-refractivity contribution in [3.05, 3.63) is 35.4 Å². The fourth-order valence-corrected chi connectivity index (χ4v) is 3.24. The number of benzene rings is 1. The van der Waals surface area contributed by atoms with Crippen LogP contribution in [0.3, 0.4) is 0 Å². The standard InChI is InChI=1S/C19H32N2/c1-3-13-20-17(2)9-6-7-14-21-15-8-12-18-10-4-5-11-19(18)16-21/h4-5,10-11,17,20H,3,6-9,12-16H2,1-2H3. The van der Waals surface area contributed by atoms with Crippen LogP contribution in [0.15, 0.2) is 24.3 Å². The second-order valence-corrected chi connectivity index (χ2v) is 6.50. The number of nitrogens with zero attached hydrogens (tertiary/aromatic N) is 1. The molecule has 2 heteroatoms. The average Bonchev–Trinajstić information content (AvgIpc) is 2.71. The normalized spacial score (nSPS) is 17.2. The molecule has 1 aliphatic heterocycles. The number of unbranched alkanes of at least 4 members (excludes halogenated alkanes) is 1. The molecule has 0 aliphatic carbocycles. The molecular formula is C19H32N2. The molecule has 2 nitrogen and oxygen atoms in total. The highest BCUT2D eigenvalue weighted by Gasteiger charge is 2.13. The highest BCUT2D eigenvalue weighted by atomic mass is 15.1. The SMILES string of the molecule is CCCNC(C)CCCCN1CCCc2ccccc2C1. The molecule has 0 saturated heterocycles. The van der Waals surface area contributed by atoms with Gasteiger partial charge < -0.3 is 5.32 Å². The lowest BCUT2D eigenvalue weighted by molar-refractivity contribution is 0.261. The van der Waals surface area contributed by atoms with Crippen molar-refractivity contribution >= 4 is 0 Å². The molecule has 0 fully saturated rings. The number of hydrogen-bond acceptors (Lipinski definition) is 2. The minimum absolute atomic E-state index is 0.676.